The predicted molar refractivity (Wildman–Crippen MR) is 82.9 cm³/mol. The third kappa shape index (κ3) is 4.48. The lowest BCUT2D eigenvalue weighted by Crippen LogP contribution is -2.27. The van der Waals surface area contributed by atoms with Crippen LogP contribution in [0.25, 0.3) is 0 Å². The molecule has 2 rings (SSSR count). The number of hydrogen-bond acceptors (Lipinski definition) is 1. The number of benzene rings is 2. The summed E-state index contributed by atoms with van der Waals surface area (Å²) in [6, 6.07) is 12.9. The highest BCUT2D eigenvalue weighted by atomic mass is 35.5. The van der Waals surface area contributed by atoms with Crippen LogP contribution in [0, 0.1) is 5.82 Å². The van der Waals surface area contributed by atoms with Gasteiger partial charge in [0.2, 0.25) is 0 Å². The molecule has 0 saturated heterocycles. The van der Waals surface area contributed by atoms with E-state index in [-0.39, 0.29) is 16.9 Å². The minimum atomic E-state index is -0.387. The summed E-state index contributed by atoms with van der Waals surface area (Å²) < 4.78 is 13.1. The Bertz CT molecular complexity index is 586. The van der Waals surface area contributed by atoms with Gasteiger partial charge in [-0.05, 0) is 48.7 Å². The molecule has 0 amide bonds. The second-order valence-corrected chi connectivity index (χ2v) is 5.71. The summed E-state index contributed by atoms with van der Waals surface area (Å²) in [6.45, 7) is 2.76. The average molecular weight is 312 g/mol. The van der Waals surface area contributed by atoms with E-state index in [1.807, 2.05) is 18.2 Å². The molecule has 106 valence electrons. The van der Waals surface area contributed by atoms with Crippen molar-refractivity contribution in [3.05, 3.63) is 69.5 Å². The van der Waals surface area contributed by atoms with Gasteiger partial charge in [0.15, 0.2) is 0 Å². The second kappa shape index (κ2) is 7.07. The quantitative estimate of drug-likeness (QED) is 0.832. The molecule has 1 N–H and O–H groups in total. The molecule has 2 aromatic rings. The fourth-order valence-corrected chi connectivity index (χ4v) is 2.45. The van der Waals surface area contributed by atoms with Crippen molar-refractivity contribution in [3.63, 3.8) is 0 Å². The average Bonchev–Trinajstić information content (AvgIpc) is 2.40. The molecule has 0 aliphatic rings. The molecule has 4 heteroatoms. The smallest absolute Gasteiger partial charge is 0.141 e. The lowest BCUT2D eigenvalue weighted by atomic mass is 10.1. The lowest BCUT2D eigenvalue weighted by molar-refractivity contribution is 0.544. The van der Waals surface area contributed by atoms with Crippen molar-refractivity contribution in [2.45, 2.75) is 25.9 Å². The van der Waals surface area contributed by atoms with Crippen molar-refractivity contribution in [1.82, 2.24) is 5.32 Å². The van der Waals surface area contributed by atoms with Crippen molar-refractivity contribution >= 4 is 23.2 Å². The zero-order valence-electron chi connectivity index (χ0n) is 11.2. The second-order valence-electron chi connectivity index (χ2n) is 4.86. The SMILES string of the molecule is CC(Cc1cccc(Cl)c1)NCc1ccc(F)c(Cl)c1. The van der Waals surface area contributed by atoms with E-state index in [9.17, 15) is 4.39 Å². The van der Waals surface area contributed by atoms with E-state index >= 15 is 0 Å². The van der Waals surface area contributed by atoms with E-state index < -0.39 is 0 Å². The summed E-state index contributed by atoms with van der Waals surface area (Å²) in [5, 5.41) is 4.30. The van der Waals surface area contributed by atoms with Gasteiger partial charge in [-0.3, -0.25) is 0 Å². The van der Waals surface area contributed by atoms with Gasteiger partial charge >= 0.3 is 0 Å². The predicted octanol–water partition coefficient (Wildman–Crippen LogP) is 4.85. The first kappa shape index (κ1) is 15.3. The first-order valence-electron chi connectivity index (χ1n) is 6.46. The Morgan fingerprint density at radius 3 is 2.60 bits per heavy atom. The maximum atomic E-state index is 13.1. The maximum absolute atomic E-state index is 13.1. The number of rotatable bonds is 5. The summed E-state index contributed by atoms with van der Waals surface area (Å²) in [6.07, 6.45) is 0.884. The minimum absolute atomic E-state index is 0.159. The highest BCUT2D eigenvalue weighted by Crippen LogP contribution is 2.16. The highest BCUT2D eigenvalue weighted by Gasteiger charge is 2.05. The van der Waals surface area contributed by atoms with Crippen LogP contribution in [-0.2, 0) is 13.0 Å². The van der Waals surface area contributed by atoms with Crippen molar-refractivity contribution in [2.24, 2.45) is 0 Å². The molecule has 1 nitrogen and oxygen atoms in total. The Kier molecular flexibility index (Phi) is 5.41. The van der Waals surface area contributed by atoms with Gasteiger partial charge < -0.3 is 5.32 Å². The van der Waals surface area contributed by atoms with Crippen LogP contribution in [0.5, 0.6) is 0 Å². The van der Waals surface area contributed by atoms with E-state index in [0.717, 1.165) is 17.0 Å². The maximum Gasteiger partial charge on any atom is 0.141 e. The molecule has 2 aromatic carbocycles. The van der Waals surface area contributed by atoms with E-state index in [2.05, 4.69) is 18.3 Å². The van der Waals surface area contributed by atoms with Gasteiger partial charge in [-0.25, -0.2) is 4.39 Å². The number of nitrogens with one attached hydrogen (secondary N) is 1. The van der Waals surface area contributed by atoms with Gasteiger partial charge in [0, 0.05) is 17.6 Å². The molecule has 0 aromatic heterocycles. The van der Waals surface area contributed by atoms with Crippen LogP contribution in [0.1, 0.15) is 18.1 Å². The van der Waals surface area contributed by atoms with Crippen LogP contribution in [0.3, 0.4) is 0 Å². The minimum Gasteiger partial charge on any atom is -0.310 e. The van der Waals surface area contributed by atoms with Crippen LogP contribution in [0.15, 0.2) is 42.5 Å². The molecule has 0 aliphatic heterocycles. The first-order chi connectivity index (χ1) is 9.54. The molecule has 0 fully saturated rings. The molecular weight excluding hydrogens is 296 g/mol. The van der Waals surface area contributed by atoms with E-state index in [1.165, 1.54) is 11.6 Å². The van der Waals surface area contributed by atoms with Crippen LogP contribution in [-0.4, -0.2) is 6.04 Å². The Morgan fingerprint density at radius 1 is 1.10 bits per heavy atom. The van der Waals surface area contributed by atoms with Gasteiger partial charge in [0.05, 0.1) is 5.02 Å². The van der Waals surface area contributed by atoms with Crippen LogP contribution < -0.4 is 5.32 Å². The molecule has 0 saturated carbocycles. The number of halogens is 3. The van der Waals surface area contributed by atoms with Crippen molar-refractivity contribution in [2.75, 3.05) is 0 Å². The third-order valence-electron chi connectivity index (χ3n) is 3.07. The molecule has 0 radical (unpaired) electrons. The molecule has 1 unspecified atom stereocenters. The zero-order valence-corrected chi connectivity index (χ0v) is 12.7. The highest BCUT2D eigenvalue weighted by molar-refractivity contribution is 6.31. The topological polar surface area (TPSA) is 12.0 Å². The molecule has 0 bridgehead atoms. The Labute approximate surface area is 128 Å². The van der Waals surface area contributed by atoms with E-state index in [0.29, 0.717) is 6.54 Å². The Hall–Kier alpha value is -1.09. The molecule has 0 heterocycles. The number of hydrogen-bond donors (Lipinski definition) is 1. The van der Waals surface area contributed by atoms with E-state index in [4.69, 9.17) is 23.2 Å². The van der Waals surface area contributed by atoms with Gasteiger partial charge in [0.25, 0.3) is 0 Å². The zero-order chi connectivity index (χ0) is 14.5. The summed E-state index contributed by atoms with van der Waals surface area (Å²) in [7, 11) is 0. The molecule has 0 aliphatic carbocycles. The van der Waals surface area contributed by atoms with Crippen LogP contribution in [0.2, 0.25) is 10.0 Å². The van der Waals surface area contributed by atoms with E-state index in [1.54, 1.807) is 12.1 Å². The summed E-state index contributed by atoms with van der Waals surface area (Å²) in [5.41, 5.74) is 2.16. The molecule has 20 heavy (non-hydrogen) atoms. The van der Waals surface area contributed by atoms with Gasteiger partial charge in [-0.15, -0.1) is 0 Å². The lowest BCUT2D eigenvalue weighted by Gasteiger charge is -2.14. The monoisotopic (exact) mass is 311 g/mol. The van der Waals surface area contributed by atoms with Crippen molar-refractivity contribution in [1.29, 1.82) is 0 Å². The Morgan fingerprint density at radius 2 is 1.90 bits per heavy atom. The molecule has 1 atom stereocenters. The standard InChI is InChI=1S/C16H16Cl2FN/c1-11(7-12-3-2-4-14(17)8-12)20-10-13-5-6-16(19)15(18)9-13/h2-6,8-9,11,20H,7,10H2,1H3. The summed E-state index contributed by atoms with van der Waals surface area (Å²) in [4.78, 5) is 0. The first-order valence-corrected chi connectivity index (χ1v) is 7.22. The molecule has 0 spiro atoms. The fourth-order valence-electron chi connectivity index (χ4n) is 2.03. The largest absolute Gasteiger partial charge is 0.310 e. The van der Waals surface area contributed by atoms with Crippen LogP contribution >= 0.6 is 23.2 Å². The van der Waals surface area contributed by atoms with Gasteiger partial charge in [-0.2, -0.15) is 0 Å². The molecular formula is C16H16Cl2FN. The van der Waals surface area contributed by atoms with Crippen LogP contribution in [0.4, 0.5) is 4.39 Å². The van der Waals surface area contributed by atoms with Gasteiger partial charge in [-0.1, -0.05) is 41.4 Å². The van der Waals surface area contributed by atoms with Gasteiger partial charge in [0.1, 0.15) is 5.82 Å². The fraction of sp³-hybridized carbons (Fsp3) is 0.250. The summed E-state index contributed by atoms with van der Waals surface area (Å²) >= 11 is 11.7. The third-order valence-corrected chi connectivity index (χ3v) is 3.59. The normalized spacial score (nSPS) is 12.4. The Balaban J connectivity index is 1.88. The summed E-state index contributed by atoms with van der Waals surface area (Å²) in [5.74, 6) is -0.387. The van der Waals surface area contributed by atoms with Crippen molar-refractivity contribution in [3.8, 4) is 0 Å². The van der Waals surface area contributed by atoms with Crippen molar-refractivity contribution < 1.29 is 4.39 Å².